The number of nitro benzene ring substituents is 1. The van der Waals surface area contributed by atoms with Crippen LogP contribution in [0.5, 0.6) is 0 Å². The Morgan fingerprint density at radius 3 is 2.52 bits per heavy atom. The van der Waals surface area contributed by atoms with Crippen LogP contribution in [-0.2, 0) is 26.5 Å². The van der Waals surface area contributed by atoms with Crippen molar-refractivity contribution in [2.45, 2.75) is 18.0 Å². The van der Waals surface area contributed by atoms with Gasteiger partial charge >= 0.3 is 12.1 Å². The topological polar surface area (TPSA) is 86.5 Å². The number of halogens is 3. The number of hydrogen-bond acceptors (Lipinski definition) is 5. The van der Waals surface area contributed by atoms with Crippen molar-refractivity contribution in [2.24, 2.45) is 0 Å². The fourth-order valence-electron chi connectivity index (χ4n) is 1.42. The number of esters is 1. The lowest BCUT2D eigenvalue weighted by Gasteiger charge is -2.08. The summed E-state index contributed by atoms with van der Waals surface area (Å²) in [5, 5.41) is 10.8. The van der Waals surface area contributed by atoms with Gasteiger partial charge < -0.3 is 4.74 Å². The number of alkyl halides is 3. The van der Waals surface area contributed by atoms with E-state index in [-0.39, 0.29) is 6.61 Å². The molecule has 0 aliphatic heterocycles. The third kappa shape index (κ3) is 4.52. The van der Waals surface area contributed by atoms with Gasteiger partial charge in [0.15, 0.2) is 0 Å². The highest BCUT2D eigenvalue weighted by Gasteiger charge is 2.34. The van der Waals surface area contributed by atoms with Gasteiger partial charge in [0.2, 0.25) is 0 Å². The first kappa shape index (κ1) is 17.1. The van der Waals surface area contributed by atoms with Crippen molar-refractivity contribution in [3.05, 3.63) is 33.9 Å². The molecule has 6 nitrogen and oxygen atoms in total. The lowest BCUT2D eigenvalue weighted by molar-refractivity contribution is -0.388. The zero-order valence-electron chi connectivity index (χ0n) is 10.7. The minimum atomic E-state index is -4.76. The second-order valence-corrected chi connectivity index (χ2v) is 5.15. The molecule has 1 atom stereocenters. The van der Waals surface area contributed by atoms with E-state index in [2.05, 4.69) is 4.74 Å². The van der Waals surface area contributed by atoms with E-state index in [1.165, 1.54) is 6.92 Å². The van der Waals surface area contributed by atoms with E-state index in [0.29, 0.717) is 12.1 Å². The monoisotopic (exact) mass is 325 g/mol. The molecule has 0 spiro atoms. The standard InChI is InChI=1S/C11H10F3NO5S/c1-2-20-10(16)6-21(19)9-4-3-7(11(12,13)14)5-8(9)15(17)18/h3-5H,2,6H2,1H3. The first-order chi connectivity index (χ1) is 9.66. The van der Waals surface area contributed by atoms with Crippen LogP contribution in [0.15, 0.2) is 23.1 Å². The molecule has 0 heterocycles. The fourth-order valence-corrected chi connectivity index (χ4v) is 2.46. The fraction of sp³-hybridized carbons (Fsp3) is 0.364. The third-order valence-electron chi connectivity index (χ3n) is 2.28. The van der Waals surface area contributed by atoms with Crippen molar-refractivity contribution in [3.8, 4) is 0 Å². The third-order valence-corrected chi connectivity index (χ3v) is 3.62. The van der Waals surface area contributed by atoms with Gasteiger partial charge in [0.25, 0.3) is 5.69 Å². The highest BCUT2D eigenvalue weighted by atomic mass is 32.2. The Kier molecular flexibility index (Phi) is 5.41. The molecule has 10 heteroatoms. The van der Waals surface area contributed by atoms with Crippen LogP contribution >= 0.6 is 0 Å². The smallest absolute Gasteiger partial charge is 0.416 e. The number of ether oxygens (including phenoxy) is 1. The van der Waals surface area contributed by atoms with E-state index in [1.54, 1.807) is 0 Å². The lowest BCUT2D eigenvalue weighted by atomic mass is 10.2. The molecule has 0 saturated carbocycles. The zero-order valence-corrected chi connectivity index (χ0v) is 11.5. The molecule has 0 aromatic heterocycles. The predicted molar refractivity (Wildman–Crippen MR) is 66.0 cm³/mol. The van der Waals surface area contributed by atoms with Crippen molar-refractivity contribution in [1.82, 2.24) is 0 Å². The van der Waals surface area contributed by atoms with E-state index >= 15 is 0 Å². The molecule has 0 fully saturated rings. The largest absolute Gasteiger partial charge is 0.465 e. The van der Waals surface area contributed by atoms with Gasteiger partial charge in [-0.05, 0) is 19.1 Å². The Balaban J connectivity index is 3.15. The number of carbonyl (C=O) groups excluding carboxylic acids is 1. The second kappa shape index (κ2) is 6.66. The highest BCUT2D eigenvalue weighted by molar-refractivity contribution is 7.85. The maximum atomic E-state index is 12.5. The Hall–Kier alpha value is -1.97. The van der Waals surface area contributed by atoms with Crippen molar-refractivity contribution in [3.63, 3.8) is 0 Å². The molecule has 0 bridgehead atoms. The lowest BCUT2D eigenvalue weighted by Crippen LogP contribution is -2.15. The second-order valence-electron chi connectivity index (χ2n) is 3.73. The van der Waals surface area contributed by atoms with Crippen LogP contribution in [-0.4, -0.2) is 27.5 Å². The van der Waals surface area contributed by atoms with E-state index in [1.807, 2.05) is 0 Å². The summed E-state index contributed by atoms with van der Waals surface area (Å²) < 4.78 is 53.9. The molecule has 0 radical (unpaired) electrons. The van der Waals surface area contributed by atoms with Gasteiger partial charge in [0.1, 0.15) is 10.6 Å². The first-order valence-electron chi connectivity index (χ1n) is 5.56. The maximum Gasteiger partial charge on any atom is 0.416 e. The van der Waals surface area contributed by atoms with Crippen LogP contribution in [0.25, 0.3) is 0 Å². The molecule has 1 aromatic rings. The van der Waals surface area contributed by atoms with Gasteiger partial charge in [-0.2, -0.15) is 13.2 Å². The number of rotatable bonds is 5. The van der Waals surface area contributed by atoms with Crippen LogP contribution in [0.2, 0.25) is 0 Å². The molecule has 21 heavy (non-hydrogen) atoms. The SMILES string of the molecule is CCOC(=O)CS(=O)c1ccc(C(F)(F)F)cc1[N+](=O)[O-]. The molecule has 116 valence electrons. The molecule has 0 aliphatic rings. The molecule has 1 aromatic carbocycles. The van der Waals surface area contributed by atoms with Gasteiger partial charge in [-0.1, -0.05) is 0 Å². The minimum Gasteiger partial charge on any atom is -0.465 e. The van der Waals surface area contributed by atoms with Crippen molar-refractivity contribution in [1.29, 1.82) is 0 Å². The summed E-state index contributed by atoms with van der Waals surface area (Å²) >= 11 is 0. The molecule has 1 unspecified atom stereocenters. The summed E-state index contributed by atoms with van der Waals surface area (Å²) in [4.78, 5) is 20.4. The van der Waals surface area contributed by atoms with Crippen molar-refractivity contribution in [2.75, 3.05) is 12.4 Å². The molecular formula is C11H10F3NO5S. The summed E-state index contributed by atoms with van der Waals surface area (Å²) in [7, 11) is -2.17. The van der Waals surface area contributed by atoms with Crippen LogP contribution in [0.3, 0.4) is 0 Å². The zero-order chi connectivity index (χ0) is 16.2. The maximum absolute atomic E-state index is 12.5. The molecule has 0 aliphatic carbocycles. The van der Waals surface area contributed by atoms with E-state index in [4.69, 9.17) is 0 Å². The van der Waals surface area contributed by atoms with Gasteiger partial charge in [-0.15, -0.1) is 0 Å². The van der Waals surface area contributed by atoms with Crippen LogP contribution in [0.4, 0.5) is 18.9 Å². The van der Waals surface area contributed by atoms with Gasteiger partial charge in [0.05, 0.1) is 27.9 Å². The quantitative estimate of drug-likeness (QED) is 0.471. The molecular weight excluding hydrogens is 315 g/mol. The molecule has 0 saturated heterocycles. The molecule has 0 amide bonds. The van der Waals surface area contributed by atoms with Crippen LogP contribution in [0, 0.1) is 10.1 Å². The first-order valence-corrected chi connectivity index (χ1v) is 6.88. The summed E-state index contributed by atoms with van der Waals surface area (Å²) in [6.07, 6.45) is -4.76. The average Bonchev–Trinajstić information content (AvgIpc) is 2.36. The number of nitrogens with zero attached hydrogens (tertiary/aromatic N) is 1. The minimum absolute atomic E-state index is 0.0329. The van der Waals surface area contributed by atoms with E-state index in [9.17, 15) is 32.3 Å². The summed E-state index contributed by atoms with van der Waals surface area (Å²) in [5.41, 5.74) is -2.18. The van der Waals surface area contributed by atoms with Gasteiger partial charge in [-0.3, -0.25) is 19.1 Å². The van der Waals surface area contributed by atoms with Crippen LogP contribution in [0.1, 0.15) is 12.5 Å². The van der Waals surface area contributed by atoms with Crippen molar-refractivity contribution < 1.29 is 31.8 Å². The summed E-state index contributed by atoms with van der Waals surface area (Å²) in [6.45, 7) is 1.55. The number of carbonyl (C=O) groups is 1. The summed E-state index contributed by atoms with van der Waals surface area (Å²) in [5.74, 6) is -1.52. The van der Waals surface area contributed by atoms with E-state index < -0.39 is 49.8 Å². The normalized spacial score (nSPS) is 12.8. The Morgan fingerprint density at radius 2 is 2.05 bits per heavy atom. The Morgan fingerprint density at radius 1 is 1.43 bits per heavy atom. The van der Waals surface area contributed by atoms with Crippen LogP contribution < -0.4 is 0 Å². The number of hydrogen-bond donors (Lipinski definition) is 0. The van der Waals surface area contributed by atoms with Gasteiger partial charge in [0, 0.05) is 6.07 Å². The molecule has 1 rings (SSSR count). The van der Waals surface area contributed by atoms with Gasteiger partial charge in [-0.25, -0.2) is 0 Å². The van der Waals surface area contributed by atoms with E-state index in [0.717, 1.165) is 6.07 Å². The highest BCUT2D eigenvalue weighted by Crippen LogP contribution is 2.34. The number of nitro groups is 1. The molecule has 0 N–H and O–H groups in total. The Labute approximate surface area is 119 Å². The average molecular weight is 325 g/mol. The van der Waals surface area contributed by atoms with Crippen molar-refractivity contribution >= 4 is 22.5 Å². The Bertz CT molecular complexity index is 588. The number of benzene rings is 1. The predicted octanol–water partition coefficient (Wildman–Crippen LogP) is 2.28. The summed E-state index contributed by atoms with van der Waals surface area (Å²) in [6, 6.07) is 1.60.